The molecule has 7 nitrogen and oxygen atoms in total. The molecule has 0 atom stereocenters. The number of anilines is 1. The molecule has 0 aliphatic rings. The maximum Gasteiger partial charge on any atom is 0.296 e. The topological polar surface area (TPSA) is 90.0 Å². The van der Waals surface area contributed by atoms with Crippen LogP contribution in [0.4, 0.5) is 5.69 Å². The van der Waals surface area contributed by atoms with E-state index in [2.05, 4.69) is 15.5 Å². The molecule has 0 bridgehead atoms. The molecule has 152 valence electrons. The molecule has 7 heteroatoms. The van der Waals surface area contributed by atoms with Gasteiger partial charge in [-0.05, 0) is 37.3 Å². The molecule has 3 aromatic heterocycles. The molecule has 2 aromatic carbocycles. The lowest BCUT2D eigenvalue weighted by atomic mass is 10.1. The third-order valence-corrected chi connectivity index (χ3v) is 5.10. The molecule has 0 fully saturated rings. The quantitative estimate of drug-likeness (QED) is 0.344. The lowest BCUT2D eigenvalue weighted by Crippen LogP contribution is -2.22. The van der Waals surface area contributed by atoms with E-state index in [1.807, 2.05) is 54.0 Å². The highest BCUT2D eigenvalue weighted by Crippen LogP contribution is 2.24. The average Bonchev–Trinajstić information content (AvgIpc) is 3.37. The zero-order valence-corrected chi connectivity index (χ0v) is 16.7. The van der Waals surface area contributed by atoms with Gasteiger partial charge in [0.2, 0.25) is 0 Å². The highest BCUT2D eigenvalue weighted by Gasteiger charge is 2.22. The van der Waals surface area contributed by atoms with Crippen LogP contribution in [-0.2, 0) is 11.3 Å². The van der Waals surface area contributed by atoms with Crippen LogP contribution in [0.15, 0.2) is 77.6 Å². The Bertz CT molecular complexity index is 1450. The maximum absolute atomic E-state index is 13.0. The first-order chi connectivity index (χ1) is 15.1. The Morgan fingerprint density at radius 2 is 1.94 bits per heavy atom. The number of benzene rings is 2. The molecule has 0 aliphatic carbocycles. The van der Waals surface area contributed by atoms with Crippen LogP contribution in [0.5, 0.6) is 0 Å². The summed E-state index contributed by atoms with van der Waals surface area (Å²) < 4.78 is 7.19. The van der Waals surface area contributed by atoms with Crippen molar-refractivity contribution in [2.75, 3.05) is 5.32 Å². The fraction of sp³-hybridized carbons (Fsp3) is 0.0833. The lowest BCUT2D eigenvalue weighted by molar-refractivity contribution is -0.112. The van der Waals surface area contributed by atoms with E-state index in [4.69, 9.17) is 4.52 Å². The first-order valence-electron chi connectivity index (χ1n) is 9.79. The Kier molecular flexibility index (Phi) is 4.55. The van der Waals surface area contributed by atoms with Gasteiger partial charge in [-0.15, -0.1) is 0 Å². The van der Waals surface area contributed by atoms with Crippen molar-refractivity contribution in [3.05, 3.63) is 90.1 Å². The van der Waals surface area contributed by atoms with Crippen LogP contribution in [0.25, 0.3) is 21.8 Å². The molecule has 0 unspecified atom stereocenters. The number of Topliss-reactive ketones (excluding diaryl/α,β-unsaturated/α-hetero) is 1. The third kappa shape index (κ3) is 3.57. The molecule has 0 saturated carbocycles. The van der Waals surface area contributed by atoms with Gasteiger partial charge in [0.1, 0.15) is 0 Å². The van der Waals surface area contributed by atoms with Crippen LogP contribution >= 0.6 is 0 Å². The number of aromatic nitrogens is 3. The van der Waals surface area contributed by atoms with Gasteiger partial charge in [0, 0.05) is 40.4 Å². The van der Waals surface area contributed by atoms with Crippen LogP contribution in [0.3, 0.4) is 0 Å². The van der Waals surface area contributed by atoms with Crippen molar-refractivity contribution >= 4 is 39.2 Å². The Hall–Kier alpha value is -4.26. The van der Waals surface area contributed by atoms with Crippen LogP contribution in [0.1, 0.15) is 21.8 Å². The molecule has 1 amide bonds. The second-order valence-electron chi connectivity index (χ2n) is 7.32. The smallest absolute Gasteiger partial charge is 0.296 e. The molecular weight excluding hydrogens is 392 g/mol. The summed E-state index contributed by atoms with van der Waals surface area (Å²) in [7, 11) is 0. The third-order valence-electron chi connectivity index (χ3n) is 5.10. The molecule has 0 saturated heterocycles. The van der Waals surface area contributed by atoms with Gasteiger partial charge in [0.05, 0.1) is 23.3 Å². The number of ketones is 1. The highest BCUT2D eigenvalue weighted by molar-refractivity contribution is 6.48. The van der Waals surface area contributed by atoms with Gasteiger partial charge < -0.3 is 14.4 Å². The predicted octanol–water partition coefficient (Wildman–Crippen LogP) is 4.36. The number of nitrogens with zero attached hydrogens (tertiary/aromatic N) is 3. The molecular formula is C24H18N4O3. The van der Waals surface area contributed by atoms with E-state index in [0.29, 0.717) is 28.9 Å². The molecule has 1 N–H and O–H groups in total. The van der Waals surface area contributed by atoms with Crippen LogP contribution in [-0.4, -0.2) is 26.4 Å². The summed E-state index contributed by atoms with van der Waals surface area (Å²) in [5, 5.41) is 8.20. The fourth-order valence-corrected chi connectivity index (χ4v) is 3.68. The first-order valence-corrected chi connectivity index (χ1v) is 9.79. The van der Waals surface area contributed by atoms with Gasteiger partial charge in [-0.3, -0.25) is 14.6 Å². The standard InChI is InChI=1S/C24H18N4O3/c1-15-11-18(31-27-15)13-28-14-20(19-6-2-3-7-22(19)28)23(29)24(30)26-17-8-9-21-16(12-17)5-4-10-25-21/h2-12,14H,13H2,1H3,(H,26,30). The monoisotopic (exact) mass is 410 g/mol. The summed E-state index contributed by atoms with van der Waals surface area (Å²) >= 11 is 0. The summed E-state index contributed by atoms with van der Waals surface area (Å²) in [5.74, 6) is -0.622. The SMILES string of the molecule is Cc1cc(Cn2cc(C(=O)C(=O)Nc3ccc4ncccc4c3)c3ccccc32)on1. The Morgan fingerprint density at radius 1 is 1.06 bits per heavy atom. The van der Waals surface area contributed by atoms with Crippen LogP contribution in [0.2, 0.25) is 0 Å². The minimum Gasteiger partial charge on any atom is -0.359 e. The number of nitrogens with one attached hydrogen (secondary N) is 1. The molecule has 31 heavy (non-hydrogen) atoms. The molecule has 0 spiro atoms. The van der Waals surface area contributed by atoms with E-state index >= 15 is 0 Å². The van der Waals surface area contributed by atoms with E-state index < -0.39 is 11.7 Å². The molecule has 5 rings (SSSR count). The van der Waals surface area contributed by atoms with Gasteiger partial charge in [-0.1, -0.05) is 29.4 Å². The number of rotatable bonds is 5. The van der Waals surface area contributed by atoms with Crippen molar-refractivity contribution < 1.29 is 14.1 Å². The average molecular weight is 410 g/mol. The van der Waals surface area contributed by atoms with Crippen molar-refractivity contribution in [1.29, 1.82) is 0 Å². The van der Waals surface area contributed by atoms with E-state index in [-0.39, 0.29) is 0 Å². The van der Waals surface area contributed by atoms with Gasteiger partial charge in [0.15, 0.2) is 5.76 Å². The van der Waals surface area contributed by atoms with Gasteiger partial charge in [0.25, 0.3) is 11.7 Å². The van der Waals surface area contributed by atoms with Crippen LogP contribution in [0, 0.1) is 6.92 Å². The molecule has 0 aliphatic heterocycles. The number of carbonyl (C=O) groups excluding carboxylic acids is 2. The van der Waals surface area contributed by atoms with Crippen molar-refractivity contribution in [2.24, 2.45) is 0 Å². The van der Waals surface area contributed by atoms with Crippen molar-refractivity contribution in [2.45, 2.75) is 13.5 Å². The summed E-state index contributed by atoms with van der Waals surface area (Å²) in [4.78, 5) is 30.0. The summed E-state index contributed by atoms with van der Waals surface area (Å²) in [6.07, 6.45) is 3.40. The summed E-state index contributed by atoms with van der Waals surface area (Å²) in [6.45, 7) is 2.26. The van der Waals surface area contributed by atoms with Crippen molar-refractivity contribution in [3.8, 4) is 0 Å². The summed E-state index contributed by atoms with van der Waals surface area (Å²) in [6, 6.07) is 18.4. The van der Waals surface area contributed by atoms with E-state index in [0.717, 1.165) is 22.1 Å². The number of fused-ring (bicyclic) bond motifs is 2. The largest absolute Gasteiger partial charge is 0.359 e. The Morgan fingerprint density at radius 3 is 2.77 bits per heavy atom. The zero-order chi connectivity index (χ0) is 21.4. The number of aryl methyl sites for hydroxylation is 1. The minimum absolute atomic E-state index is 0.340. The number of pyridine rings is 1. The Labute approximate surface area is 177 Å². The lowest BCUT2D eigenvalue weighted by Gasteiger charge is -2.05. The second-order valence-corrected chi connectivity index (χ2v) is 7.32. The molecule has 0 radical (unpaired) electrons. The Balaban J connectivity index is 1.45. The number of amides is 1. The van der Waals surface area contributed by atoms with Crippen molar-refractivity contribution in [3.63, 3.8) is 0 Å². The fourth-order valence-electron chi connectivity index (χ4n) is 3.68. The first kappa shape index (κ1) is 18.7. The predicted molar refractivity (Wildman–Crippen MR) is 117 cm³/mol. The van der Waals surface area contributed by atoms with E-state index in [1.165, 1.54) is 0 Å². The number of hydrogen-bond donors (Lipinski definition) is 1. The van der Waals surface area contributed by atoms with Gasteiger partial charge >= 0.3 is 0 Å². The minimum atomic E-state index is -0.693. The van der Waals surface area contributed by atoms with Crippen LogP contribution < -0.4 is 5.32 Å². The molecule has 5 aromatic rings. The maximum atomic E-state index is 13.0. The zero-order valence-electron chi connectivity index (χ0n) is 16.7. The number of carbonyl (C=O) groups is 2. The highest BCUT2D eigenvalue weighted by atomic mass is 16.5. The van der Waals surface area contributed by atoms with Crippen molar-refractivity contribution in [1.82, 2.24) is 14.7 Å². The second kappa shape index (κ2) is 7.53. The van der Waals surface area contributed by atoms with E-state index in [9.17, 15) is 9.59 Å². The number of para-hydroxylation sites is 1. The van der Waals surface area contributed by atoms with E-state index in [1.54, 1.807) is 30.6 Å². The summed E-state index contributed by atoms with van der Waals surface area (Å²) in [5.41, 5.74) is 3.32. The van der Waals surface area contributed by atoms with Gasteiger partial charge in [-0.25, -0.2) is 0 Å². The normalized spacial score (nSPS) is 11.1. The van der Waals surface area contributed by atoms with Gasteiger partial charge in [-0.2, -0.15) is 0 Å². The number of hydrogen-bond acceptors (Lipinski definition) is 5. The molecule has 3 heterocycles.